The maximum atomic E-state index is 5.73. The zero-order valence-electron chi connectivity index (χ0n) is 9.33. The second-order valence-corrected chi connectivity index (χ2v) is 4.62. The molecule has 2 aromatic rings. The van der Waals surface area contributed by atoms with E-state index in [0.29, 0.717) is 6.54 Å². The van der Waals surface area contributed by atoms with E-state index in [2.05, 4.69) is 39.3 Å². The number of halogens is 1. The first-order chi connectivity index (χ1) is 7.69. The summed E-state index contributed by atoms with van der Waals surface area (Å²) in [6.07, 6.45) is 3.69. The molecular formula is C11H14BrN3O. The van der Waals surface area contributed by atoms with Gasteiger partial charge in [-0.25, -0.2) is 0 Å². The molecule has 4 nitrogen and oxygen atoms in total. The fraction of sp³-hybridized carbons (Fsp3) is 0.364. The zero-order chi connectivity index (χ0) is 11.5. The van der Waals surface area contributed by atoms with Crippen molar-refractivity contribution in [1.29, 1.82) is 0 Å². The van der Waals surface area contributed by atoms with Crippen LogP contribution in [0, 0.1) is 6.92 Å². The molecule has 86 valence electrons. The normalized spacial score (nSPS) is 10.9. The lowest BCUT2D eigenvalue weighted by atomic mass is 10.2. The Hall–Kier alpha value is -1.07. The largest absolute Gasteiger partial charge is 0.462 e. The van der Waals surface area contributed by atoms with E-state index in [1.165, 1.54) is 5.56 Å². The van der Waals surface area contributed by atoms with Crippen molar-refractivity contribution < 1.29 is 4.42 Å². The number of rotatable bonds is 4. The molecule has 0 radical (unpaired) electrons. The van der Waals surface area contributed by atoms with Gasteiger partial charge < -0.3 is 9.73 Å². The Morgan fingerprint density at radius 2 is 2.38 bits per heavy atom. The highest BCUT2D eigenvalue weighted by Crippen LogP contribution is 2.16. The third-order valence-electron chi connectivity index (χ3n) is 2.33. The third-order valence-corrected chi connectivity index (χ3v) is 2.74. The van der Waals surface area contributed by atoms with Crippen LogP contribution in [0.2, 0.25) is 0 Å². The average molecular weight is 284 g/mol. The predicted octanol–water partition coefficient (Wildman–Crippen LogP) is 2.31. The Bertz CT molecular complexity index is 475. The standard InChI is InChI=1S/C11H14BrN3O/c1-8-3-10(16-11(8)5-13-2)7-15-6-9(12)4-14-15/h3-4,6,13H,5,7H2,1-2H3. The Labute approximate surface area is 103 Å². The molecule has 5 heteroatoms. The van der Waals surface area contributed by atoms with Crippen LogP contribution in [0.15, 0.2) is 27.3 Å². The SMILES string of the molecule is CNCc1oc(Cn2cc(Br)cn2)cc1C. The molecule has 2 rings (SSSR count). The lowest BCUT2D eigenvalue weighted by molar-refractivity contribution is 0.435. The van der Waals surface area contributed by atoms with E-state index in [-0.39, 0.29) is 0 Å². The van der Waals surface area contributed by atoms with Gasteiger partial charge in [0.1, 0.15) is 11.5 Å². The molecule has 2 aromatic heterocycles. The van der Waals surface area contributed by atoms with E-state index < -0.39 is 0 Å². The summed E-state index contributed by atoms with van der Waals surface area (Å²) >= 11 is 3.37. The van der Waals surface area contributed by atoms with Crippen LogP contribution in [-0.4, -0.2) is 16.8 Å². The Morgan fingerprint density at radius 1 is 1.56 bits per heavy atom. The van der Waals surface area contributed by atoms with Gasteiger partial charge in [0, 0.05) is 6.20 Å². The molecular weight excluding hydrogens is 270 g/mol. The number of furan rings is 1. The number of aromatic nitrogens is 2. The number of hydrogen-bond acceptors (Lipinski definition) is 3. The van der Waals surface area contributed by atoms with Gasteiger partial charge in [-0.15, -0.1) is 0 Å². The molecule has 0 atom stereocenters. The van der Waals surface area contributed by atoms with Crippen molar-refractivity contribution in [1.82, 2.24) is 15.1 Å². The summed E-state index contributed by atoms with van der Waals surface area (Å²) in [6, 6.07) is 2.06. The molecule has 1 N–H and O–H groups in total. The van der Waals surface area contributed by atoms with E-state index >= 15 is 0 Å². The van der Waals surface area contributed by atoms with Gasteiger partial charge in [-0.3, -0.25) is 4.68 Å². The highest BCUT2D eigenvalue weighted by molar-refractivity contribution is 9.10. The van der Waals surface area contributed by atoms with Gasteiger partial charge in [-0.05, 0) is 41.5 Å². The van der Waals surface area contributed by atoms with E-state index in [4.69, 9.17) is 4.42 Å². The summed E-state index contributed by atoms with van der Waals surface area (Å²) in [5, 5.41) is 7.27. The van der Waals surface area contributed by atoms with Gasteiger partial charge in [0.2, 0.25) is 0 Å². The van der Waals surface area contributed by atoms with Crippen LogP contribution in [-0.2, 0) is 13.1 Å². The lowest BCUT2D eigenvalue weighted by Crippen LogP contribution is -2.04. The molecule has 0 fully saturated rings. The second-order valence-electron chi connectivity index (χ2n) is 3.71. The number of nitrogens with one attached hydrogen (secondary N) is 1. The van der Waals surface area contributed by atoms with Crippen LogP contribution in [0.25, 0.3) is 0 Å². The van der Waals surface area contributed by atoms with Crippen molar-refractivity contribution in [3.63, 3.8) is 0 Å². The molecule has 0 aliphatic carbocycles. The molecule has 0 bridgehead atoms. The van der Waals surface area contributed by atoms with Crippen LogP contribution in [0.5, 0.6) is 0 Å². The minimum atomic E-state index is 0.663. The molecule has 0 aliphatic heterocycles. The lowest BCUT2D eigenvalue weighted by Gasteiger charge is -1.98. The second kappa shape index (κ2) is 4.84. The summed E-state index contributed by atoms with van der Waals surface area (Å²) in [5.74, 6) is 1.92. The minimum Gasteiger partial charge on any atom is -0.462 e. The maximum Gasteiger partial charge on any atom is 0.126 e. The first-order valence-electron chi connectivity index (χ1n) is 5.10. The summed E-state index contributed by atoms with van der Waals surface area (Å²) in [4.78, 5) is 0. The molecule has 0 aliphatic rings. The van der Waals surface area contributed by atoms with Crippen molar-refractivity contribution in [2.24, 2.45) is 0 Å². The van der Waals surface area contributed by atoms with Crippen LogP contribution < -0.4 is 5.32 Å². The molecule has 0 saturated carbocycles. The van der Waals surface area contributed by atoms with E-state index in [1.807, 2.05) is 17.9 Å². The molecule has 0 spiro atoms. The Morgan fingerprint density at radius 3 is 3.00 bits per heavy atom. The van der Waals surface area contributed by atoms with Crippen LogP contribution in [0.1, 0.15) is 17.1 Å². The van der Waals surface area contributed by atoms with Crippen molar-refractivity contribution in [2.75, 3.05) is 7.05 Å². The molecule has 0 aromatic carbocycles. The summed E-state index contributed by atoms with van der Waals surface area (Å²) < 4.78 is 8.55. The Balaban J connectivity index is 2.13. The molecule has 0 unspecified atom stereocenters. The smallest absolute Gasteiger partial charge is 0.126 e. The van der Waals surface area contributed by atoms with Crippen molar-refractivity contribution in [2.45, 2.75) is 20.0 Å². The van der Waals surface area contributed by atoms with Gasteiger partial charge >= 0.3 is 0 Å². The van der Waals surface area contributed by atoms with Gasteiger partial charge in [0.05, 0.1) is 23.8 Å². The fourth-order valence-electron chi connectivity index (χ4n) is 1.59. The number of aryl methyl sites for hydroxylation is 1. The minimum absolute atomic E-state index is 0.663. The van der Waals surface area contributed by atoms with Gasteiger partial charge in [-0.1, -0.05) is 0 Å². The van der Waals surface area contributed by atoms with Gasteiger partial charge in [-0.2, -0.15) is 5.10 Å². The predicted molar refractivity (Wildman–Crippen MR) is 65.2 cm³/mol. The van der Waals surface area contributed by atoms with Crippen molar-refractivity contribution in [3.05, 3.63) is 40.0 Å². The third kappa shape index (κ3) is 2.54. The first-order valence-corrected chi connectivity index (χ1v) is 5.89. The molecule has 16 heavy (non-hydrogen) atoms. The quantitative estimate of drug-likeness (QED) is 0.937. The van der Waals surface area contributed by atoms with Gasteiger partial charge in [0.25, 0.3) is 0 Å². The highest BCUT2D eigenvalue weighted by atomic mass is 79.9. The summed E-state index contributed by atoms with van der Waals surface area (Å²) in [5.41, 5.74) is 1.18. The Kier molecular flexibility index (Phi) is 3.46. The molecule has 0 amide bonds. The van der Waals surface area contributed by atoms with Crippen molar-refractivity contribution >= 4 is 15.9 Å². The summed E-state index contributed by atoms with van der Waals surface area (Å²) in [6.45, 7) is 3.48. The highest BCUT2D eigenvalue weighted by Gasteiger charge is 2.07. The van der Waals surface area contributed by atoms with E-state index in [9.17, 15) is 0 Å². The zero-order valence-corrected chi connectivity index (χ0v) is 10.9. The number of hydrogen-bond donors (Lipinski definition) is 1. The first kappa shape index (κ1) is 11.4. The van der Waals surface area contributed by atoms with Crippen LogP contribution in [0.4, 0.5) is 0 Å². The average Bonchev–Trinajstić information content (AvgIpc) is 2.76. The van der Waals surface area contributed by atoms with Crippen LogP contribution >= 0.6 is 15.9 Å². The monoisotopic (exact) mass is 283 g/mol. The molecule has 2 heterocycles. The van der Waals surface area contributed by atoms with Crippen molar-refractivity contribution in [3.8, 4) is 0 Å². The fourth-order valence-corrected chi connectivity index (χ4v) is 1.92. The summed E-state index contributed by atoms with van der Waals surface area (Å²) in [7, 11) is 1.91. The topological polar surface area (TPSA) is 43.0 Å². The van der Waals surface area contributed by atoms with Gasteiger partial charge in [0.15, 0.2) is 0 Å². The molecule has 0 saturated heterocycles. The van der Waals surface area contributed by atoms with Crippen LogP contribution in [0.3, 0.4) is 0 Å². The number of nitrogens with zero attached hydrogens (tertiary/aromatic N) is 2. The van der Waals surface area contributed by atoms with E-state index in [1.54, 1.807) is 6.20 Å². The maximum absolute atomic E-state index is 5.73. The van der Waals surface area contributed by atoms with E-state index in [0.717, 1.165) is 22.5 Å².